The summed E-state index contributed by atoms with van der Waals surface area (Å²) in [5.74, 6) is 1.57. The molecule has 29 heavy (non-hydrogen) atoms. The maximum Gasteiger partial charge on any atom is 0.277 e. The summed E-state index contributed by atoms with van der Waals surface area (Å²) >= 11 is 0. The number of nitrogens with zero attached hydrogens (tertiary/aromatic N) is 1. The molecule has 0 saturated carbocycles. The van der Waals surface area contributed by atoms with Crippen LogP contribution in [0.1, 0.15) is 45.7 Å². The number of hydrogen-bond donors (Lipinski definition) is 1. The Bertz CT molecular complexity index is 837. The summed E-state index contributed by atoms with van der Waals surface area (Å²) in [5, 5.41) is 3.97. The molecule has 0 radical (unpaired) electrons. The minimum absolute atomic E-state index is 0.0485. The first-order chi connectivity index (χ1) is 13.7. The molecule has 0 saturated heterocycles. The Kier molecular flexibility index (Phi) is 7.65. The zero-order valence-corrected chi connectivity index (χ0v) is 18.0. The smallest absolute Gasteiger partial charge is 0.277 e. The molecular weight excluding hydrogens is 368 g/mol. The van der Waals surface area contributed by atoms with Gasteiger partial charge in [0, 0.05) is 0 Å². The van der Waals surface area contributed by atoms with Crippen LogP contribution < -0.4 is 19.6 Å². The number of hydrazone groups is 1. The monoisotopic (exact) mass is 398 g/mol. The lowest BCUT2D eigenvalue weighted by molar-refractivity contribution is -0.123. The molecule has 6 heteroatoms. The number of carbonyl (C=O) groups excluding carboxylic acids is 1. The third kappa shape index (κ3) is 7.14. The van der Waals surface area contributed by atoms with Crippen molar-refractivity contribution in [2.75, 3.05) is 13.7 Å². The zero-order chi connectivity index (χ0) is 21.4. The molecule has 0 atom stereocenters. The second-order valence-electron chi connectivity index (χ2n) is 7.93. The summed E-state index contributed by atoms with van der Waals surface area (Å²) in [4.78, 5) is 11.9. The van der Waals surface area contributed by atoms with E-state index in [0.717, 1.165) is 5.56 Å². The van der Waals surface area contributed by atoms with E-state index in [1.807, 2.05) is 50.2 Å². The van der Waals surface area contributed by atoms with Crippen LogP contribution in [0.5, 0.6) is 17.2 Å². The molecule has 6 nitrogen and oxygen atoms in total. The second-order valence-corrected chi connectivity index (χ2v) is 7.93. The molecule has 0 fully saturated rings. The van der Waals surface area contributed by atoms with Gasteiger partial charge in [0.25, 0.3) is 5.91 Å². The van der Waals surface area contributed by atoms with E-state index in [1.165, 1.54) is 11.8 Å². The number of amides is 1. The fourth-order valence-corrected chi connectivity index (χ4v) is 2.53. The fourth-order valence-electron chi connectivity index (χ4n) is 2.53. The van der Waals surface area contributed by atoms with E-state index in [1.54, 1.807) is 13.2 Å². The molecule has 0 spiro atoms. The number of nitrogens with one attached hydrogen (secondary N) is 1. The Hall–Kier alpha value is -3.02. The van der Waals surface area contributed by atoms with Crippen molar-refractivity contribution in [2.45, 2.75) is 46.1 Å². The lowest BCUT2D eigenvalue weighted by Crippen LogP contribution is -2.24. The quantitative estimate of drug-likeness (QED) is 0.531. The molecule has 0 heterocycles. The minimum Gasteiger partial charge on any atom is -0.493 e. The number of ether oxygens (including phenoxy) is 3. The van der Waals surface area contributed by atoms with Crippen LogP contribution in [0.25, 0.3) is 0 Å². The molecule has 1 amide bonds. The SMILES string of the molecule is COc1cc(/C=N/NC(=O)COc2ccc(C(C)(C)C)cc2)ccc1OC(C)C. The standard InChI is InChI=1S/C23H30N2O4/c1-16(2)29-20-12-7-17(13-21(20)27-6)14-24-25-22(26)15-28-19-10-8-18(9-11-19)23(3,4)5/h7-14,16H,15H2,1-6H3,(H,25,26)/b24-14+. The zero-order valence-electron chi connectivity index (χ0n) is 18.0. The Labute approximate surface area is 172 Å². The van der Waals surface area contributed by atoms with Crippen LogP contribution in [0, 0.1) is 0 Å². The van der Waals surface area contributed by atoms with Crippen molar-refractivity contribution in [3.63, 3.8) is 0 Å². The normalized spacial score (nSPS) is 11.6. The summed E-state index contributed by atoms with van der Waals surface area (Å²) in [7, 11) is 1.58. The first-order valence-electron chi connectivity index (χ1n) is 9.59. The van der Waals surface area contributed by atoms with E-state index in [4.69, 9.17) is 14.2 Å². The van der Waals surface area contributed by atoms with E-state index < -0.39 is 0 Å². The van der Waals surface area contributed by atoms with Gasteiger partial charge in [0.2, 0.25) is 0 Å². The summed E-state index contributed by atoms with van der Waals surface area (Å²) in [6.07, 6.45) is 1.59. The van der Waals surface area contributed by atoms with Crippen molar-refractivity contribution < 1.29 is 19.0 Å². The van der Waals surface area contributed by atoms with Gasteiger partial charge in [0.1, 0.15) is 5.75 Å². The van der Waals surface area contributed by atoms with Crippen LogP contribution >= 0.6 is 0 Å². The molecule has 0 unspecified atom stereocenters. The van der Waals surface area contributed by atoms with Gasteiger partial charge in [0.15, 0.2) is 18.1 Å². The topological polar surface area (TPSA) is 69.2 Å². The van der Waals surface area contributed by atoms with E-state index >= 15 is 0 Å². The van der Waals surface area contributed by atoms with Crippen molar-refractivity contribution in [3.8, 4) is 17.2 Å². The molecule has 0 aromatic heterocycles. The molecule has 2 rings (SSSR count). The van der Waals surface area contributed by atoms with Crippen molar-refractivity contribution in [3.05, 3.63) is 53.6 Å². The molecule has 0 bridgehead atoms. The van der Waals surface area contributed by atoms with E-state index in [-0.39, 0.29) is 24.0 Å². The first kappa shape index (κ1) is 22.3. The molecule has 0 aliphatic heterocycles. The predicted octanol–water partition coefficient (Wildman–Crippen LogP) is 4.31. The van der Waals surface area contributed by atoms with Crippen molar-refractivity contribution in [1.29, 1.82) is 0 Å². The van der Waals surface area contributed by atoms with Crippen LogP contribution in [0.3, 0.4) is 0 Å². The maximum atomic E-state index is 11.9. The second kappa shape index (κ2) is 9.96. The molecule has 0 aliphatic carbocycles. The van der Waals surface area contributed by atoms with Crippen LogP contribution in [0.2, 0.25) is 0 Å². The van der Waals surface area contributed by atoms with Gasteiger partial charge >= 0.3 is 0 Å². The van der Waals surface area contributed by atoms with Crippen molar-refractivity contribution in [2.24, 2.45) is 5.10 Å². The highest BCUT2D eigenvalue weighted by Gasteiger charge is 2.13. The number of methoxy groups -OCH3 is 1. The minimum atomic E-state index is -0.340. The van der Waals surface area contributed by atoms with Gasteiger partial charge in [-0.05, 0) is 60.7 Å². The average Bonchev–Trinajstić information content (AvgIpc) is 2.66. The Balaban J connectivity index is 1.86. The Morgan fingerprint density at radius 1 is 1.10 bits per heavy atom. The van der Waals surface area contributed by atoms with Gasteiger partial charge in [-0.3, -0.25) is 4.79 Å². The third-order valence-corrected chi connectivity index (χ3v) is 4.04. The fraction of sp³-hybridized carbons (Fsp3) is 0.391. The van der Waals surface area contributed by atoms with Gasteiger partial charge in [-0.1, -0.05) is 32.9 Å². The number of carbonyl (C=O) groups is 1. The predicted molar refractivity (Wildman–Crippen MR) is 115 cm³/mol. The summed E-state index contributed by atoms with van der Waals surface area (Å²) in [6, 6.07) is 13.2. The van der Waals surface area contributed by atoms with E-state index in [9.17, 15) is 4.79 Å². The third-order valence-electron chi connectivity index (χ3n) is 4.04. The lowest BCUT2D eigenvalue weighted by Gasteiger charge is -2.19. The Morgan fingerprint density at radius 3 is 2.38 bits per heavy atom. The first-order valence-corrected chi connectivity index (χ1v) is 9.59. The van der Waals surface area contributed by atoms with Gasteiger partial charge in [-0.2, -0.15) is 5.10 Å². The molecule has 0 aliphatic rings. The Morgan fingerprint density at radius 2 is 1.79 bits per heavy atom. The molecule has 156 valence electrons. The van der Waals surface area contributed by atoms with E-state index in [2.05, 4.69) is 31.3 Å². The van der Waals surface area contributed by atoms with Crippen LogP contribution in [0.4, 0.5) is 0 Å². The van der Waals surface area contributed by atoms with Gasteiger partial charge in [-0.15, -0.1) is 0 Å². The molecular formula is C23H30N2O4. The van der Waals surface area contributed by atoms with Crippen LogP contribution in [-0.2, 0) is 10.2 Å². The summed E-state index contributed by atoms with van der Waals surface area (Å²) in [5.41, 5.74) is 4.51. The molecule has 2 aromatic rings. The highest BCUT2D eigenvalue weighted by Crippen LogP contribution is 2.28. The number of benzene rings is 2. The van der Waals surface area contributed by atoms with Gasteiger partial charge < -0.3 is 14.2 Å². The summed E-state index contributed by atoms with van der Waals surface area (Å²) < 4.78 is 16.5. The van der Waals surface area contributed by atoms with Gasteiger partial charge in [0.05, 0.1) is 19.4 Å². The maximum absolute atomic E-state index is 11.9. The average molecular weight is 399 g/mol. The van der Waals surface area contributed by atoms with Crippen LogP contribution in [0.15, 0.2) is 47.6 Å². The number of hydrogen-bond acceptors (Lipinski definition) is 5. The van der Waals surface area contributed by atoms with Gasteiger partial charge in [-0.25, -0.2) is 5.43 Å². The van der Waals surface area contributed by atoms with Crippen molar-refractivity contribution >= 4 is 12.1 Å². The lowest BCUT2D eigenvalue weighted by atomic mass is 9.87. The summed E-state index contributed by atoms with van der Waals surface area (Å²) in [6.45, 7) is 10.2. The molecule has 2 aromatic carbocycles. The van der Waals surface area contributed by atoms with Crippen LogP contribution in [-0.4, -0.2) is 31.9 Å². The van der Waals surface area contributed by atoms with Crippen molar-refractivity contribution in [1.82, 2.24) is 5.43 Å². The number of rotatable bonds is 8. The molecule has 1 N–H and O–H groups in total. The highest BCUT2D eigenvalue weighted by atomic mass is 16.5. The highest BCUT2D eigenvalue weighted by molar-refractivity contribution is 5.83. The largest absolute Gasteiger partial charge is 0.493 e. The van der Waals surface area contributed by atoms with E-state index in [0.29, 0.717) is 17.2 Å².